The summed E-state index contributed by atoms with van der Waals surface area (Å²) in [7, 11) is 1.53. The normalized spacial score (nSPS) is 10.2. The molecule has 0 spiro atoms. The van der Waals surface area contributed by atoms with Crippen LogP contribution in [0.25, 0.3) is 0 Å². The molecule has 0 bridgehead atoms. The van der Waals surface area contributed by atoms with Gasteiger partial charge < -0.3 is 14.8 Å². The maximum Gasteiger partial charge on any atom is 0.411 e. The Bertz CT molecular complexity index is 684. The Hall–Kier alpha value is -2.38. The lowest BCUT2D eigenvalue weighted by Crippen LogP contribution is -2.16. The maximum absolute atomic E-state index is 12.2. The van der Waals surface area contributed by atoms with Crippen LogP contribution in [0.4, 0.5) is 16.2 Å². The molecule has 1 aromatic carbocycles. The summed E-state index contributed by atoms with van der Waals surface area (Å²) in [6, 6.07) is 8.76. The van der Waals surface area contributed by atoms with E-state index in [-0.39, 0.29) is 12.5 Å². The van der Waals surface area contributed by atoms with Gasteiger partial charge in [0.2, 0.25) is 0 Å². The molecule has 0 atom stereocenters. The average Bonchev–Trinajstić information content (AvgIpc) is 2.94. The van der Waals surface area contributed by atoms with Crippen molar-refractivity contribution in [2.45, 2.75) is 6.92 Å². The van der Waals surface area contributed by atoms with Crippen molar-refractivity contribution in [3.63, 3.8) is 0 Å². The van der Waals surface area contributed by atoms with Crippen molar-refractivity contribution in [3.8, 4) is 0 Å². The highest BCUT2D eigenvalue weighted by molar-refractivity contribution is 7.12. The van der Waals surface area contributed by atoms with Crippen LogP contribution in [-0.2, 0) is 9.47 Å². The Kier molecular flexibility index (Phi) is 6.13. The maximum atomic E-state index is 12.2. The minimum atomic E-state index is -0.570. The summed E-state index contributed by atoms with van der Waals surface area (Å²) in [5.74, 6) is -0.169. The van der Waals surface area contributed by atoms with Gasteiger partial charge in [-0.25, -0.2) is 4.79 Å². The van der Waals surface area contributed by atoms with Gasteiger partial charge in [0.05, 0.1) is 11.5 Å². The second-order valence-corrected chi connectivity index (χ2v) is 5.64. The van der Waals surface area contributed by atoms with Gasteiger partial charge in [-0.15, -0.1) is 11.3 Å². The third kappa shape index (κ3) is 5.08. The van der Waals surface area contributed by atoms with Crippen LogP contribution in [0, 0.1) is 6.92 Å². The van der Waals surface area contributed by atoms with E-state index in [1.165, 1.54) is 18.4 Å². The molecule has 0 saturated carbocycles. The Morgan fingerprint density at radius 3 is 2.52 bits per heavy atom. The molecular weight excluding hydrogens is 316 g/mol. The zero-order valence-electron chi connectivity index (χ0n) is 12.9. The van der Waals surface area contributed by atoms with E-state index in [0.29, 0.717) is 22.9 Å². The van der Waals surface area contributed by atoms with Crippen LogP contribution in [0.1, 0.15) is 15.2 Å². The smallest absolute Gasteiger partial charge is 0.411 e. The van der Waals surface area contributed by atoms with Crippen LogP contribution in [-0.4, -0.2) is 32.3 Å². The van der Waals surface area contributed by atoms with E-state index in [1.807, 2.05) is 18.4 Å². The average molecular weight is 334 g/mol. The monoisotopic (exact) mass is 334 g/mol. The Morgan fingerprint density at radius 2 is 1.87 bits per heavy atom. The van der Waals surface area contributed by atoms with E-state index in [4.69, 9.17) is 9.47 Å². The molecule has 1 aromatic heterocycles. The molecule has 0 aliphatic carbocycles. The zero-order chi connectivity index (χ0) is 16.7. The van der Waals surface area contributed by atoms with Gasteiger partial charge in [0, 0.05) is 18.5 Å². The van der Waals surface area contributed by atoms with Gasteiger partial charge in [-0.2, -0.15) is 0 Å². The first-order valence-electron chi connectivity index (χ1n) is 6.98. The fourth-order valence-corrected chi connectivity index (χ4v) is 2.66. The number of hydrogen-bond acceptors (Lipinski definition) is 5. The molecule has 0 fully saturated rings. The number of amides is 2. The largest absolute Gasteiger partial charge is 0.447 e. The fraction of sp³-hybridized carbons (Fsp3) is 0.250. The molecule has 0 saturated heterocycles. The molecule has 2 N–H and O–H groups in total. The zero-order valence-corrected chi connectivity index (χ0v) is 13.7. The molecule has 23 heavy (non-hydrogen) atoms. The van der Waals surface area contributed by atoms with Gasteiger partial charge in [-0.1, -0.05) is 6.07 Å². The van der Waals surface area contributed by atoms with Crippen LogP contribution >= 0.6 is 11.3 Å². The van der Waals surface area contributed by atoms with Crippen molar-refractivity contribution in [1.29, 1.82) is 0 Å². The standard InChI is InChI=1S/C16H18N2O4S/c1-11-6-9-23-14(11)15(19)17-12-4-3-5-13(10-12)18-16(20)22-8-7-21-2/h3-6,9-10H,7-8H2,1-2H3,(H,17,19)(H,18,20). The van der Waals surface area contributed by atoms with Crippen molar-refractivity contribution in [2.24, 2.45) is 0 Å². The summed E-state index contributed by atoms with van der Waals surface area (Å²) in [5, 5.41) is 7.28. The second kappa shape index (κ2) is 8.30. The Morgan fingerprint density at radius 1 is 1.13 bits per heavy atom. The predicted octanol–water partition coefficient (Wildman–Crippen LogP) is 3.50. The Labute approximate surface area is 138 Å². The molecule has 0 aliphatic rings. The number of aryl methyl sites for hydroxylation is 1. The van der Waals surface area contributed by atoms with Gasteiger partial charge in [0.25, 0.3) is 5.91 Å². The third-order valence-corrected chi connectivity index (χ3v) is 3.97. The molecule has 1 heterocycles. The van der Waals surface area contributed by atoms with E-state index in [9.17, 15) is 9.59 Å². The SMILES string of the molecule is COCCOC(=O)Nc1cccc(NC(=O)c2sccc2C)c1. The molecular formula is C16H18N2O4S. The number of anilines is 2. The topological polar surface area (TPSA) is 76.7 Å². The number of rotatable bonds is 6. The molecule has 0 aliphatic heterocycles. The number of methoxy groups -OCH3 is 1. The van der Waals surface area contributed by atoms with Gasteiger partial charge in [-0.05, 0) is 42.1 Å². The molecule has 2 aromatic rings. The number of hydrogen-bond donors (Lipinski definition) is 2. The van der Waals surface area contributed by atoms with Crippen LogP contribution in [0.3, 0.4) is 0 Å². The molecule has 122 valence electrons. The highest BCUT2D eigenvalue weighted by Crippen LogP contribution is 2.20. The summed E-state index contributed by atoms with van der Waals surface area (Å²) >= 11 is 1.39. The van der Waals surface area contributed by atoms with Crippen LogP contribution < -0.4 is 10.6 Å². The molecule has 7 heteroatoms. The minimum absolute atomic E-state index is 0.169. The molecule has 6 nitrogen and oxygen atoms in total. The number of carbonyl (C=O) groups excluding carboxylic acids is 2. The van der Waals surface area contributed by atoms with Crippen molar-refractivity contribution < 1.29 is 19.1 Å². The van der Waals surface area contributed by atoms with Crippen LogP contribution in [0.5, 0.6) is 0 Å². The first-order chi connectivity index (χ1) is 11.1. The lowest BCUT2D eigenvalue weighted by molar-refractivity contribution is 0.102. The van der Waals surface area contributed by atoms with Gasteiger partial charge >= 0.3 is 6.09 Å². The highest BCUT2D eigenvalue weighted by Gasteiger charge is 2.11. The minimum Gasteiger partial charge on any atom is -0.447 e. The van der Waals surface area contributed by atoms with Crippen molar-refractivity contribution in [1.82, 2.24) is 0 Å². The first kappa shape index (κ1) is 17.0. The number of benzene rings is 1. The van der Waals surface area contributed by atoms with E-state index < -0.39 is 6.09 Å². The van der Waals surface area contributed by atoms with E-state index in [1.54, 1.807) is 24.3 Å². The molecule has 0 radical (unpaired) electrons. The number of thiophene rings is 1. The number of ether oxygens (including phenoxy) is 2. The van der Waals surface area contributed by atoms with Crippen LogP contribution in [0.15, 0.2) is 35.7 Å². The van der Waals surface area contributed by atoms with Gasteiger partial charge in [0.15, 0.2) is 0 Å². The lowest BCUT2D eigenvalue weighted by atomic mass is 10.2. The number of carbonyl (C=O) groups is 2. The van der Waals surface area contributed by atoms with E-state index in [2.05, 4.69) is 10.6 Å². The molecule has 2 amide bonds. The Balaban J connectivity index is 1.96. The molecule has 0 unspecified atom stereocenters. The third-order valence-electron chi connectivity index (χ3n) is 2.96. The van der Waals surface area contributed by atoms with Crippen molar-refractivity contribution in [2.75, 3.05) is 31.0 Å². The van der Waals surface area contributed by atoms with Crippen molar-refractivity contribution in [3.05, 3.63) is 46.2 Å². The van der Waals surface area contributed by atoms with E-state index in [0.717, 1.165) is 5.56 Å². The van der Waals surface area contributed by atoms with Crippen molar-refractivity contribution >= 4 is 34.7 Å². The summed E-state index contributed by atoms with van der Waals surface area (Å²) in [4.78, 5) is 24.4. The molecule has 2 rings (SSSR count). The summed E-state index contributed by atoms with van der Waals surface area (Å²) in [5.41, 5.74) is 2.06. The quantitative estimate of drug-likeness (QED) is 0.793. The predicted molar refractivity (Wildman–Crippen MR) is 90.3 cm³/mol. The summed E-state index contributed by atoms with van der Waals surface area (Å²) in [6.07, 6.45) is -0.570. The fourth-order valence-electron chi connectivity index (χ4n) is 1.84. The summed E-state index contributed by atoms with van der Waals surface area (Å²) < 4.78 is 9.72. The summed E-state index contributed by atoms with van der Waals surface area (Å²) in [6.45, 7) is 2.40. The first-order valence-corrected chi connectivity index (χ1v) is 7.86. The van der Waals surface area contributed by atoms with E-state index >= 15 is 0 Å². The second-order valence-electron chi connectivity index (χ2n) is 4.72. The van der Waals surface area contributed by atoms with Gasteiger partial charge in [-0.3, -0.25) is 10.1 Å². The number of nitrogens with one attached hydrogen (secondary N) is 2. The lowest BCUT2D eigenvalue weighted by Gasteiger charge is -2.09. The van der Waals surface area contributed by atoms with Crippen LogP contribution in [0.2, 0.25) is 0 Å². The highest BCUT2D eigenvalue weighted by atomic mass is 32.1. The van der Waals surface area contributed by atoms with Gasteiger partial charge in [0.1, 0.15) is 6.61 Å².